The molecule has 16 heavy (non-hydrogen) atoms. The largest absolute Gasteiger partial charge is 0.345 e. The second-order valence-corrected chi connectivity index (χ2v) is 4.74. The van der Waals surface area contributed by atoms with Gasteiger partial charge in [0.15, 0.2) is 0 Å². The molecule has 0 radical (unpaired) electrons. The van der Waals surface area contributed by atoms with E-state index in [9.17, 15) is 9.59 Å². The maximum atomic E-state index is 12.2. The standard InChI is InChI=1S/C11H19N3O2/c1-13-7-8(5-10(13)15)11(16)14-4-2-3-9(14)6-12/h8-9H,2-7,12H2,1H3. The van der Waals surface area contributed by atoms with E-state index in [2.05, 4.69) is 0 Å². The van der Waals surface area contributed by atoms with Gasteiger partial charge in [-0.05, 0) is 12.8 Å². The Balaban J connectivity index is 2.00. The van der Waals surface area contributed by atoms with Crippen molar-refractivity contribution in [1.82, 2.24) is 9.80 Å². The molecular weight excluding hydrogens is 206 g/mol. The third kappa shape index (κ3) is 1.91. The Labute approximate surface area is 95.6 Å². The molecule has 2 rings (SSSR count). The molecule has 5 heteroatoms. The molecule has 0 aromatic rings. The quantitative estimate of drug-likeness (QED) is 0.683. The van der Waals surface area contributed by atoms with Crippen LogP contribution in [-0.2, 0) is 9.59 Å². The number of hydrogen-bond acceptors (Lipinski definition) is 3. The van der Waals surface area contributed by atoms with Gasteiger partial charge in [-0.15, -0.1) is 0 Å². The number of amides is 2. The van der Waals surface area contributed by atoms with Crippen LogP contribution < -0.4 is 5.73 Å². The number of carbonyl (C=O) groups is 2. The van der Waals surface area contributed by atoms with Crippen molar-refractivity contribution in [3.63, 3.8) is 0 Å². The second kappa shape index (κ2) is 4.41. The summed E-state index contributed by atoms with van der Waals surface area (Å²) in [6, 6.07) is 0.188. The Morgan fingerprint density at radius 3 is 2.88 bits per heavy atom. The van der Waals surface area contributed by atoms with Gasteiger partial charge in [0.1, 0.15) is 0 Å². The first kappa shape index (κ1) is 11.4. The molecule has 2 aliphatic rings. The van der Waals surface area contributed by atoms with Gasteiger partial charge in [-0.1, -0.05) is 0 Å². The average molecular weight is 225 g/mol. The number of nitrogens with zero attached hydrogens (tertiary/aromatic N) is 2. The maximum absolute atomic E-state index is 12.2. The van der Waals surface area contributed by atoms with E-state index in [-0.39, 0.29) is 23.8 Å². The highest BCUT2D eigenvalue weighted by atomic mass is 16.2. The van der Waals surface area contributed by atoms with Gasteiger partial charge in [0.2, 0.25) is 11.8 Å². The summed E-state index contributed by atoms with van der Waals surface area (Å²) in [7, 11) is 1.75. The van der Waals surface area contributed by atoms with Crippen LogP contribution in [-0.4, -0.2) is 54.3 Å². The van der Waals surface area contributed by atoms with Gasteiger partial charge in [-0.25, -0.2) is 0 Å². The first-order valence-electron chi connectivity index (χ1n) is 5.88. The smallest absolute Gasteiger partial charge is 0.228 e. The van der Waals surface area contributed by atoms with E-state index < -0.39 is 0 Å². The van der Waals surface area contributed by atoms with Gasteiger partial charge in [0.25, 0.3) is 0 Å². The molecule has 0 spiro atoms. The highest BCUT2D eigenvalue weighted by Gasteiger charge is 2.37. The molecule has 0 aromatic carbocycles. The normalized spacial score (nSPS) is 30.2. The van der Waals surface area contributed by atoms with Crippen LogP contribution in [0.1, 0.15) is 19.3 Å². The third-order valence-corrected chi connectivity index (χ3v) is 3.62. The zero-order valence-electron chi connectivity index (χ0n) is 9.69. The zero-order chi connectivity index (χ0) is 11.7. The minimum Gasteiger partial charge on any atom is -0.345 e. The summed E-state index contributed by atoms with van der Waals surface area (Å²) in [6.45, 7) is 1.89. The zero-order valence-corrected chi connectivity index (χ0v) is 9.69. The van der Waals surface area contributed by atoms with Gasteiger partial charge >= 0.3 is 0 Å². The summed E-state index contributed by atoms with van der Waals surface area (Å²) in [5, 5.41) is 0. The van der Waals surface area contributed by atoms with Gasteiger partial charge < -0.3 is 15.5 Å². The molecular formula is C11H19N3O2. The Hall–Kier alpha value is -1.10. The minimum absolute atomic E-state index is 0.0712. The van der Waals surface area contributed by atoms with E-state index in [0.717, 1.165) is 19.4 Å². The molecule has 0 saturated carbocycles. The van der Waals surface area contributed by atoms with Crippen LogP contribution in [0, 0.1) is 5.92 Å². The van der Waals surface area contributed by atoms with E-state index in [1.165, 1.54) is 0 Å². The van der Waals surface area contributed by atoms with E-state index in [1.807, 2.05) is 4.90 Å². The monoisotopic (exact) mass is 225 g/mol. The molecule has 2 unspecified atom stereocenters. The summed E-state index contributed by atoms with van der Waals surface area (Å²) in [4.78, 5) is 27.1. The summed E-state index contributed by atoms with van der Waals surface area (Å²) < 4.78 is 0. The minimum atomic E-state index is -0.148. The van der Waals surface area contributed by atoms with Gasteiger partial charge in [-0.2, -0.15) is 0 Å². The van der Waals surface area contributed by atoms with E-state index in [1.54, 1.807) is 11.9 Å². The molecule has 90 valence electrons. The lowest BCUT2D eigenvalue weighted by molar-refractivity contribution is -0.136. The van der Waals surface area contributed by atoms with Crippen LogP contribution in [0.5, 0.6) is 0 Å². The van der Waals surface area contributed by atoms with Crippen LogP contribution in [0.4, 0.5) is 0 Å². The van der Waals surface area contributed by atoms with Crippen LogP contribution in [0.3, 0.4) is 0 Å². The van der Waals surface area contributed by atoms with E-state index in [0.29, 0.717) is 19.5 Å². The molecule has 2 N–H and O–H groups in total. The van der Waals surface area contributed by atoms with Crippen molar-refractivity contribution in [2.24, 2.45) is 11.7 Å². The molecule has 0 aliphatic carbocycles. The fraction of sp³-hybridized carbons (Fsp3) is 0.818. The molecule has 0 aromatic heterocycles. The van der Waals surface area contributed by atoms with Crippen molar-refractivity contribution >= 4 is 11.8 Å². The van der Waals surface area contributed by atoms with Crippen LogP contribution >= 0.6 is 0 Å². The number of hydrogen-bond donors (Lipinski definition) is 1. The van der Waals surface area contributed by atoms with Crippen molar-refractivity contribution in [2.45, 2.75) is 25.3 Å². The topological polar surface area (TPSA) is 66.6 Å². The molecule has 5 nitrogen and oxygen atoms in total. The summed E-state index contributed by atoms with van der Waals surface area (Å²) in [6.07, 6.45) is 2.39. The van der Waals surface area contributed by atoms with E-state index in [4.69, 9.17) is 5.73 Å². The number of nitrogens with two attached hydrogens (primary N) is 1. The van der Waals surface area contributed by atoms with Crippen LogP contribution in [0.2, 0.25) is 0 Å². The van der Waals surface area contributed by atoms with Gasteiger partial charge in [-0.3, -0.25) is 9.59 Å². The SMILES string of the molecule is CN1CC(C(=O)N2CCCC2CN)CC1=O. The third-order valence-electron chi connectivity index (χ3n) is 3.62. The lowest BCUT2D eigenvalue weighted by Gasteiger charge is -2.26. The predicted octanol–water partition coefficient (Wildman–Crippen LogP) is -0.586. The molecule has 2 atom stereocenters. The Kier molecular flexibility index (Phi) is 3.14. The van der Waals surface area contributed by atoms with Crippen molar-refractivity contribution in [2.75, 3.05) is 26.7 Å². The molecule has 2 saturated heterocycles. The number of carbonyl (C=O) groups excluding carboxylic acids is 2. The fourth-order valence-electron chi connectivity index (χ4n) is 2.63. The van der Waals surface area contributed by atoms with Crippen molar-refractivity contribution in [3.05, 3.63) is 0 Å². The Bertz CT molecular complexity index is 306. The molecule has 2 amide bonds. The highest BCUT2D eigenvalue weighted by molar-refractivity contribution is 5.89. The molecule has 2 aliphatic heterocycles. The lowest BCUT2D eigenvalue weighted by Crippen LogP contribution is -2.43. The van der Waals surface area contributed by atoms with Crippen molar-refractivity contribution in [3.8, 4) is 0 Å². The molecule has 2 heterocycles. The predicted molar refractivity (Wildman–Crippen MR) is 59.5 cm³/mol. The number of rotatable bonds is 2. The molecule has 0 bridgehead atoms. The molecule has 2 fully saturated rings. The summed E-state index contributed by atoms with van der Waals surface area (Å²) >= 11 is 0. The Morgan fingerprint density at radius 1 is 1.56 bits per heavy atom. The Morgan fingerprint density at radius 2 is 2.31 bits per heavy atom. The highest BCUT2D eigenvalue weighted by Crippen LogP contribution is 2.24. The fourth-order valence-corrected chi connectivity index (χ4v) is 2.63. The average Bonchev–Trinajstić information content (AvgIpc) is 2.85. The first-order chi connectivity index (χ1) is 7.63. The van der Waals surface area contributed by atoms with Crippen molar-refractivity contribution in [1.29, 1.82) is 0 Å². The first-order valence-corrected chi connectivity index (χ1v) is 5.88. The van der Waals surface area contributed by atoms with Crippen LogP contribution in [0.15, 0.2) is 0 Å². The number of likely N-dealkylation sites (tertiary alicyclic amines) is 2. The van der Waals surface area contributed by atoms with Gasteiger partial charge in [0.05, 0.1) is 5.92 Å². The maximum Gasteiger partial charge on any atom is 0.228 e. The van der Waals surface area contributed by atoms with Crippen molar-refractivity contribution < 1.29 is 9.59 Å². The second-order valence-electron chi connectivity index (χ2n) is 4.74. The van der Waals surface area contributed by atoms with E-state index >= 15 is 0 Å². The lowest BCUT2D eigenvalue weighted by atomic mass is 10.1. The summed E-state index contributed by atoms with van der Waals surface area (Å²) in [5.41, 5.74) is 5.64. The summed E-state index contributed by atoms with van der Waals surface area (Å²) in [5.74, 6) is 0.0390. The van der Waals surface area contributed by atoms with Gasteiger partial charge in [0, 0.05) is 39.1 Å². The van der Waals surface area contributed by atoms with Crippen LogP contribution in [0.25, 0.3) is 0 Å².